The molecule has 4 heteroatoms. The van der Waals surface area contributed by atoms with E-state index in [0.717, 1.165) is 10.0 Å². The lowest BCUT2D eigenvalue weighted by atomic mass is 10.0. The number of ketones is 1. The standard InChI is InChI=1S/C13H9BrFNO/c14-11-6-10(7-16-8-11)13(17)5-9-1-3-12(15)4-2-9/h1-4,6-8H,5H2. The summed E-state index contributed by atoms with van der Waals surface area (Å²) in [7, 11) is 0. The van der Waals surface area contributed by atoms with E-state index in [0.29, 0.717) is 5.56 Å². The van der Waals surface area contributed by atoms with Crippen LogP contribution in [0.5, 0.6) is 0 Å². The predicted molar refractivity (Wildman–Crippen MR) is 66.4 cm³/mol. The van der Waals surface area contributed by atoms with Crippen LogP contribution in [-0.2, 0) is 6.42 Å². The van der Waals surface area contributed by atoms with Gasteiger partial charge in [-0.3, -0.25) is 9.78 Å². The summed E-state index contributed by atoms with van der Waals surface area (Å²) in [6.07, 6.45) is 3.39. The first kappa shape index (κ1) is 11.9. The smallest absolute Gasteiger partial charge is 0.168 e. The molecule has 2 nitrogen and oxygen atoms in total. The molecule has 0 bridgehead atoms. The Bertz CT molecular complexity index is 539. The van der Waals surface area contributed by atoms with Gasteiger partial charge in [0.2, 0.25) is 0 Å². The molecule has 0 spiro atoms. The van der Waals surface area contributed by atoms with E-state index in [4.69, 9.17) is 0 Å². The molecule has 0 unspecified atom stereocenters. The Hall–Kier alpha value is -1.55. The second kappa shape index (κ2) is 5.19. The van der Waals surface area contributed by atoms with E-state index in [1.54, 1.807) is 24.4 Å². The maximum Gasteiger partial charge on any atom is 0.168 e. The van der Waals surface area contributed by atoms with Gasteiger partial charge in [-0.05, 0) is 39.7 Å². The van der Waals surface area contributed by atoms with Crippen molar-refractivity contribution < 1.29 is 9.18 Å². The van der Waals surface area contributed by atoms with Crippen molar-refractivity contribution in [2.45, 2.75) is 6.42 Å². The minimum atomic E-state index is -0.301. The van der Waals surface area contributed by atoms with E-state index < -0.39 is 0 Å². The first-order valence-corrected chi connectivity index (χ1v) is 5.82. The number of halogens is 2. The summed E-state index contributed by atoms with van der Waals surface area (Å²) < 4.78 is 13.5. The molecule has 0 amide bonds. The van der Waals surface area contributed by atoms with Crippen molar-refractivity contribution in [2.75, 3.05) is 0 Å². The zero-order chi connectivity index (χ0) is 12.3. The summed E-state index contributed by atoms with van der Waals surface area (Å²) in [5, 5.41) is 0. The van der Waals surface area contributed by atoms with Gasteiger partial charge < -0.3 is 0 Å². The molecule has 0 aliphatic heterocycles. The van der Waals surface area contributed by atoms with Crippen molar-refractivity contribution in [3.8, 4) is 0 Å². The van der Waals surface area contributed by atoms with Crippen molar-refractivity contribution in [2.24, 2.45) is 0 Å². The molecule has 1 aromatic heterocycles. The average Bonchev–Trinajstić information content (AvgIpc) is 2.32. The number of hydrogen-bond donors (Lipinski definition) is 0. The van der Waals surface area contributed by atoms with Crippen molar-refractivity contribution in [3.63, 3.8) is 0 Å². The molecule has 1 aromatic carbocycles. The Morgan fingerprint density at radius 1 is 1.24 bits per heavy atom. The van der Waals surface area contributed by atoms with Gasteiger partial charge in [0.05, 0.1) is 0 Å². The van der Waals surface area contributed by atoms with Crippen LogP contribution >= 0.6 is 15.9 Å². The Labute approximate surface area is 107 Å². The highest BCUT2D eigenvalue weighted by Crippen LogP contribution is 2.12. The SMILES string of the molecule is O=C(Cc1ccc(F)cc1)c1cncc(Br)c1. The van der Waals surface area contributed by atoms with Gasteiger partial charge in [0.15, 0.2) is 5.78 Å². The van der Waals surface area contributed by atoms with E-state index in [2.05, 4.69) is 20.9 Å². The zero-order valence-corrected chi connectivity index (χ0v) is 10.4. The van der Waals surface area contributed by atoms with Crippen LogP contribution in [0.25, 0.3) is 0 Å². The van der Waals surface area contributed by atoms with Gasteiger partial charge >= 0.3 is 0 Å². The van der Waals surface area contributed by atoms with Gasteiger partial charge in [0, 0.05) is 28.9 Å². The van der Waals surface area contributed by atoms with E-state index in [-0.39, 0.29) is 18.0 Å². The number of rotatable bonds is 3. The number of carbonyl (C=O) groups excluding carboxylic acids is 1. The topological polar surface area (TPSA) is 30.0 Å². The number of pyridine rings is 1. The second-order valence-electron chi connectivity index (χ2n) is 3.62. The van der Waals surface area contributed by atoms with Gasteiger partial charge in [0.1, 0.15) is 5.82 Å². The summed E-state index contributed by atoms with van der Waals surface area (Å²) in [5.74, 6) is -0.337. The van der Waals surface area contributed by atoms with Crippen LogP contribution in [0, 0.1) is 5.82 Å². The quantitative estimate of drug-likeness (QED) is 0.812. The molecular weight excluding hydrogens is 285 g/mol. The highest BCUT2D eigenvalue weighted by molar-refractivity contribution is 9.10. The van der Waals surface area contributed by atoms with Crippen molar-refractivity contribution in [1.82, 2.24) is 4.98 Å². The van der Waals surface area contributed by atoms with Crippen LogP contribution < -0.4 is 0 Å². The molecule has 1 heterocycles. The highest BCUT2D eigenvalue weighted by Gasteiger charge is 2.07. The van der Waals surface area contributed by atoms with Gasteiger partial charge in [0.25, 0.3) is 0 Å². The van der Waals surface area contributed by atoms with E-state index in [1.165, 1.54) is 18.3 Å². The molecule has 0 radical (unpaired) electrons. The lowest BCUT2D eigenvalue weighted by molar-refractivity contribution is 0.0992. The van der Waals surface area contributed by atoms with E-state index in [1.807, 2.05) is 0 Å². The van der Waals surface area contributed by atoms with Gasteiger partial charge in [-0.2, -0.15) is 0 Å². The number of carbonyl (C=O) groups is 1. The van der Waals surface area contributed by atoms with Crippen LogP contribution in [-0.4, -0.2) is 10.8 Å². The summed E-state index contributed by atoms with van der Waals surface area (Å²) in [6, 6.07) is 7.64. The minimum absolute atomic E-state index is 0.0367. The van der Waals surface area contributed by atoms with Crippen LogP contribution in [0.2, 0.25) is 0 Å². The minimum Gasteiger partial charge on any atom is -0.294 e. The Balaban J connectivity index is 2.14. The van der Waals surface area contributed by atoms with Crippen molar-refractivity contribution in [3.05, 3.63) is 64.1 Å². The molecule has 2 aromatic rings. The third kappa shape index (κ3) is 3.20. The molecule has 17 heavy (non-hydrogen) atoms. The fourth-order valence-electron chi connectivity index (χ4n) is 1.45. The number of nitrogens with zero attached hydrogens (tertiary/aromatic N) is 1. The fraction of sp³-hybridized carbons (Fsp3) is 0.0769. The van der Waals surface area contributed by atoms with Crippen LogP contribution in [0.3, 0.4) is 0 Å². The van der Waals surface area contributed by atoms with Crippen LogP contribution in [0.1, 0.15) is 15.9 Å². The van der Waals surface area contributed by atoms with Crippen molar-refractivity contribution >= 4 is 21.7 Å². The fourth-order valence-corrected chi connectivity index (χ4v) is 1.82. The first-order valence-electron chi connectivity index (χ1n) is 5.03. The molecular formula is C13H9BrFNO. The van der Waals surface area contributed by atoms with Crippen LogP contribution in [0.4, 0.5) is 4.39 Å². The molecule has 0 atom stereocenters. The highest BCUT2D eigenvalue weighted by atomic mass is 79.9. The maximum atomic E-state index is 12.7. The number of benzene rings is 1. The van der Waals surface area contributed by atoms with E-state index in [9.17, 15) is 9.18 Å². The monoisotopic (exact) mass is 293 g/mol. The Morgan fingerprint density at radius 2 is 1.94 bits per heavy atom. The first-order chi connectivity index (χ1) is 8.15. The largest absolute Gasteiger partial charge is 0.294 e. The van der Waals surface area contributed by atoms with E-state index >= 15 is 0 Å². The Morgan fingerprint density at radius 3 is 2.59 bits per heavy atom. The zero-order valence-electron chi connectivity index (χ0n) is 8.86. The molecule has 0 saturated carbocycles. The normalized spacial score (nSPS) is 10.2. The van der Waals surface area contributed by atoms with Gasteiger partial charge in [-0.1, -0.05) is 12.1 Å². The third-order valence-electron chi connectivity index (χ3n) is 2.30. The summed E-state index contributed by atoms with van der Waals surface area (Å²) in [6.45, 7) is 0. The molecule has 0 N–H and O–H groups in total. The summed E-state index contributed by atoms with van der Waals surface area (Å²) >= 11 is 3.26. The number of aromatic nitrogens is 1. The van der Waals surface area contributed by atoms with Gasteiger partial charge in [-0.25, -0.2) is 4.39 Å². The maximum absolute atomic E-state index is 12.7. The molecule has 86 valence electrons. The average molecular weight is 294 g/mol. The van der Waals surface area contributed by atoms with Gasteiger partial charge in [-0.15, -0.1) is 0 Å². The number of hydrogen-bond acceptors (Lipinski definition) is 2. The lowest BCUT2D eigenvalue weighted by Crippen LogP contribution is -2.04. The molecule has 0 saturated heterocycles. The Kier molecular flexibility index (Phi) is 3.64. The molecule has 0 aliphatic carbocycles. The third-order valence-corrected chi connectivity index (χ3v) is 2.74. The summed E-state index contributed by atoms with van der Waals surface area (Å²) in [4.78, 5) is 15.8. The molecule has 0 fully saturated rings. The lowest BCUT2D eigenvalue weighted by Gasteiger charge is -2.01. The second-order valence-corrected chi connectivity index (χ2v) is 4.53. The molecule has 0 aliphatic rings. The summed E-state index contributed by atoms with van der Waals surface area (Å²) in [5.41, 5.74) is 1.33. The van der Waals surface area contributed by atoms with Crippen LogP contribution in [0.15, 0.2) is 47.2 Å². The predicted octanol–water partition coefficient (Wildman–Crippen LogP) is 3.41. The molecule has 2 rings (SSSR count). The van der Waals surface area contributed by atoms with Crippen molar-refractivity contribution in [1.29, 1.82) is 0 Å². The number of Topliss-reactive ketones (excluding diaryl/α,β-unsaturated/α-hetero) is 1.